The Morgan fingerprint density at radius 2 is 1.57 bits per heavy atom. The van der Waals surface area contributed by atoms with Crippen molar-refractivity contribution < 1.29 is 9.47 Å². The zero-order chi connectivity index (χ0) is 17.1. The van der Waals surface area contributed by atoms with E-state index in [0.717, 1.165) is 18.3 Å². The van der Waals surface area contributed by atoms with Crippen LogP contribution in [0.15, 0.2) is 24.3 Å². The van der Waals surface area contributed by atoms with Crippen molar-refractivity contribution in [3.8, 4) is 5.75 Å². The molecule has 132 valence electrons. The highest BCUT2D eigenvalue weighted by Crippen LogP contribution is 2.26. The van der Waals surface area contributed by atoms with Crippen molar-refractivity contribution >= 4 is 0 Å². The molecule has 0 bridgehead atoms. The summed E-state index contributed by atoms with van der Waals surface area (Å²) in [6.07, 6.45) is 7.61. The van der Waals surface area contributed by atoms with Crippen LogP contribution in [0.2, 0.25) is 0 Å². The highest BCUT2D eigenvalue weighted by molar-refractivity contribution is 5.29. The third-order valence-corrected chi connectivity index (χ3v) is 4.40. The van der Waals surface area contributed by atoms with Crippen LogP contribution in [0.3, 0.4) is 0 Å². The highest BCUT2D eigenvalue weighted by atomic mass is 16.7. The summed E-state index contributed by atoms with van der Waals surface area (Å²) in [5.41, 5.74) is 1.37. The lowest BCUT2D eigenvalue weighted by molar-refractivity contribution is -0.0782. The zero-order valence-electron chi connectivity index (χ0n) is 15.8. The van der Waals surface area contributed by atoms with E-state index in [1.807, 2.05) is 6.92 Å². The van der Waals surface area contributed by atoms with Crippen molar-refractivity contribution in [2.24, 2.45) is 5.92 Å². The quantitative estimate of drug-likeness (QED) is 0.530. The largest absolute Gasteiger partial charge is 0.465 e. The van der Waals surface area contributed by atoms with Crippen LogP contribution in [0.4, 0.5) is 0 Å². The molecule has 1 saturated carbocycles. The van der Waals surface area contributed by atoms with Crippen LogP contribution in [0.5, 0.6) is 5.75 Å². The SMILES string of the molecule is CCC.CCC(C)c1ccc(OC(C)OCC2CCCC2)cc1. The Morgan fingerprint density at radius 1 is 1.00 bits per heavy atom. The summed E-state index contributed by atoms with van der Waals surface area (Å²) in [7, 11) is 0. The lowest BCUT2D eigenvalue weighted by Crippen LogP contribution is -2.19. The van der Waals surface area contributed by atoms with Gasteiger partial charge in [0.25, 0.3) is 0 Å². The molecule has 0 N–H and O–H groups in total. The second kappa shape index (κ2) is 11.5. The summed E-state index contributed by atoms with van der Waals surface area (Å²) in [4.78, 5) is 0. The number of rotatable bonds is 7. The molecule has 2 rings (SSSR count). The van der Waals surface area contributed by atoms with Crippen LogP contribution >= 0.6 is 0 Å². The van der Waals surface area contributed by atoms with Crippen molar-refractivity contribution in [3.63, 3.8) is 0 Å². The van der Waals surface area contributed by atoms with Gasteiger partial charge in [-0.3, -0.25) is 0 Å². The minimum atomic E-state index is -0.162. The van der Waals surface area contributed by atoms with Crippen LogP contribution in [-0.4, -0.2) is 12.9 Å². The molecule has 0 aliphatic heterocycles. The maximum atomic E-state index is 5.82. The molecule has 1 aromatic rings. The van der Waals surface area contributed by atoms with E-state index < -0.39 is 0 Å². The molecule has 0 aromatic heterocycles. The molecule has 0 heterocycles. The van der Waals surface area contributed by atoms with Gasteiger partial charge in [-0.15, -0.1) is 0 Å². The fourth-order valence-corrected chi connectivity index (χ4v) is 2.78. The number of benzene rings is 1. The molecule has 2 heteroatoms. The summed E-state index contributed by atoms with van der Waals surface area (Å²) in [5.74, 6) is 2.25. The molecule has 2 nitrogen and oxygen atoms in total. The first-order valence-corrected chi connectivity index (χ1v) is 9.48. The molecular formula is C21H36O2. The highest BCUT2D eigenvalue weighted by Gasteiger charge is 2.16. The molecule has 1 aliphatic rings. The van der Waals surface area contributed by atoms with Crippen molar-refractivity contribution in [2.75, 3.05) is 6.61 Å². The van der Waals surface area contributed by atoms with E-state index in [-0.39, 0.29) is 6.29 Å². The smallest absolute Gasteiger partial charge is 0.196 e. The summed E-state index contributed by atoms with van der Waals surface area (Å²) in [6, 6.07) is 8.42. The van der Waals surface area contributed by atoms with Gasteiger partial charge in [-0.1, -0.05) is 59.1 Å². The zero-order valence-corrected chi connectivity index (χ0v) is 15.8. The number of hydrogen-bond acceptors (Lipinski definition) is 2. The number of hydrogen-bond donors (Lipinski definition) is 0. The first kappa shape index (κ1) is 20.0. The maximum Gasteiger partial charge on any atom is 0.196 e. The predicted molar refractivity (Wildman–Crippen MR) is 99.1 cm³/mol. The van der Waals surface area contributed by atoms with E-state index in [2.05, 4.69) is 52.0 Å². The lowest BCUT2D eigenvalue weighted by atomic mass is 9.99. The minimum Gasteiger partial charge on any atom is -0.465 e. The fraction of sp³-hybridized carbons (Fsp3) is 0.714. The average Bonchev–Trinajstić information content (AvgIpc) is 3.07. The van der Waals surface area contributed by atoms with Gasteiger partial charge < -0.3 is 9.47 Å². The Bertz CT molecular complexity index is 393. The molecule has 0 saturated heterocycles. The molecule has 1 aliphatic carbocycles. The molecular weight excluding hydrogens is 284 g/mol. The standard InChI is InChI=1S/C18H28O2.C3H8/c1-4-14(2)17-9-11-18(12-10-17)20-15(3)19-13-16-7-5-6-8-16;1-3-2/h9-12,14-16H,4-8,13H2,1-3H3;3H2,1-2H3. The molecule has 0 spiro atoms. The van der Waals surface area contributed by atoms with Crippen molar-refractivity contribution in [1.29, 1.82) is 0 Å². The summed E-state index contributed by atoms with van der Waals surface area (Å²) >= 11 is 0. The molecule has 0 amide bonds. The van der Waals surface area contributed by atoms with Gasteiger partial charge in [0.2, 0.25) is 0 Å². The van der Waals surface area contributed by atoms with E-state index in [0.29, 0.717) is 5.92 Å². The Kier molecular flexibility index (Phi) is 10.0. The summed E-state index contributed by atoms with van der Waals surface area (Å²) in [6.45, 7) is 11.5. The second-order valence-electron chi connectivity index (χ2n) is 6.75. The van der Waals surface area contributed by atoms with E-state index >= 15 is 0 Å². The van der Waals surface area contributed by atoms with Gasteiger partial charge in [-0.2, -0.15) is 0 Å². The van der Waals surface area contributed by atoms with Crippen LogP contribution in [0, 0.1) is 5.92 Å². The third-order valence-electron chi connectivity index (χ3n) is 4.40. The molecule has 0 radical (unpaired) electrons. The lowest BCUT2D eigenvalue weighted by Gasteiger charge is -2.18. The van der Waals surface area contributed by atoms with Gasteiger partial charge >= 0.3 is 0 Å². The van der Waals surface area contributed by atoms with Crippen molar-refractivity contribution in [3.05, 3.63) is 29.8 Å². The monoisotopic (exact) mass is 320 g/mol. The van der Waals surface area contributed by atoms with Gasteiger partial charge in [0, 0.05) is 0 Å². The molecule has 1 fully saturated rings. The fourth-order valence-electron chi connectivity index (χ4n) is 2.78. The maximum absolute atomic E-state index is 5.82. The Hall–Kier alpha value is -1.02. The van der Waals surface area contributed by atoms with Gasteiger partial charge in [0.15, 0.2) is 6.29 Å². The molecule has 23 heavy (non-hydrogen) atoms. The van der Waals surface area contributed by atoms with E-state index in [1.54, 1.807) is 0 Å². The second-order valence-corrected chi connectivity index (χ2v) is 6.75. The van der Waals surface area contributed by atoms with Crippen LogP contribution in [-0.2, 0) is 4.74 Å². The Balaban J connectivity index is 0.000000816. The predicted octanol–water partition coefficient (Wildman–Crippen LogP) is 6.55. The van der Waals surface area contributed by atoms with Crippen LogP contribution in [0.25, 0.3) is 0 Å². The first-order chi connectivity index (χ1) is 11.1. The van der Waals surface area contributed by atoms with Gasteiger partial charge in [-0.25, -0.2) is 0 Å². The summed E-state index contributed by atoms with van der Waals surface area (Å²) < 4.78 is 11.6. The Morgan fingerprint density at radius 3 is 2.09 bits per heavy atom. The van der Waals surface area contributed by atoms with E-state index in [4.69, 9.17) is 9.47 Å². The van der Waals surface area contributed by atoms with Gasteiger partial charge in [0.05, 0.1) is 6.61 Å². The average molecular weight is 321 g/mol. The summed E-state index contributed by atoms with van der Waals surface area (Å²) in [5, 5.41) is 0. The molecule has 2 unspecified atom stereocenters. The number of ether oxygens (including phenoxy) is 2. The van der Waals surface area contributed by atoms with E-state index in [1.165, 1.54) is 44.1 Å². The third kappa shape index (κ3) is 7.87. The minimum absolute atomic E-state index is 0.162. The van der Waals surface area contributed by atoms with Gasteiger partial charge in [0.1, 0.15) is 5.75 Å². The van der Waals surface area contributed by atoms with E-state index in [9.17, 15) is 0 Å². The van der Waals surface area contributed by atoms with Crippen LogP contribution in [0.1, 0.15) is 84.6 Å². The van der Waals surface area contributed by atoms with Crippen molar-refractivity contribution in [2.45, 2.75) is 85.4 Å². The van der Waals surface area contributed by atoms with Crippen LogP contribution < -0.4 is 4.74 Å². The molecule has 1 aromatic carbocycles. The topological polar surface area (TPSA) is 18.5 Å². The molecule has 2 atom stereocenters. The Labute approximate surface area is 143 Å². The first-order valence-electron chi connectivity index (χ1n) is 9.48. The van der Waals surface area contributed by atoms with Crippen molar-refractivity contribution in [1.82, 2.24) is 0 Å². The normalized spacial score (nSPS) is 17.3. The van der Waals surface area contributed by atoms with Gasteiger partial charge in [-0.05, 0) is 55.7 Å².